The molecular formula is C30H52O3. The molecule has 0 saturated carbocycles. The summed E-state index contributed by atoms with van der Waals surface area (Å²) in [6, 6.07) is 0. The summed E-state index contributed by atoms with van der Waals surface area (Å²) >= 11 is 0. The number of ether oxygens (including phenoxy) is 1. The summed E-state index contributed by atoms with van der Waals surface area (Å²) in [5.41, 5.74) is 4.29. The average molecular weight is 461 g/mol. The molecule has 0 bridgehead atoms. The van der Waals surface area contributed by atoms with Gasteiger partial charge in [0.05, 0.1) is 17.8 Å². The number of rotatable bonds is 17. The fourth-order valence-corrected chi connectivity index (χ4v) is 4.33. The third-order valence-corrected chi connectivity index (χ3v) is 6.92. The molecule has 0 aromatic carbocycles. The van der Waals surface area contributed by atoms with Crippen LogP contribution in [-0.2, 0) is 4.74 Å². The van der Waals surface area contributed by atoms with E-state index in [1.807, 2.05) is 19.9 Å². The number of aliphatic hydroxyl groups is 2. The van der Waals surface area contributed by atoms with Crippen LogP contribution in [0.15, 0.2) is 46.6 Å². The first-order valence-electron chi connectivity index (χ1n) is 13.4. The maximum atomic E-state index is 10.5. The maximum absolute atomic E-state index is 10.5. The molecule has 33 heavy (non-hydrogen) atoms. The van der Waals surface area contributed by atoms with Crippen molar-refractivity contribution in [2.24, 2.45) is 0 Å². The largest absolute Gasteiger partial charge is 0.390 e. The zero-order valence-corrected chi connectivity index (χ0v) is 22.5. The number of allylic oxidation sites excluding steroid dienone is 4. The van der Waals surface area contributed by atoms with Crippen LogP contribution in [0.25, 0.3) is 0 Å². The molecule has 0 aromatic rings. The number of hydrogen-bond donors (Lipinski definition) is 2. The van der Waals surface area contributed by atoms with E-state index in [0.29, 0.717) is 0 Å². The molecular weight excluding hydrogens is 408 g/mol. The first kappa shape index (κ1) is 29.9. The van der Waals surface area contributed by atoms with Gasteiger partial charge in [0.15, 0.2) is 0 Å². The molecule has 1 rings (SSSR count). The van der Waals surface area contributed by atoms with Crippen molar-refractivity contribution < 1.29 is 14.9 Å². The van der Waals surface area contributed by atoms with Gasteiger partial charge in [-0.2, -0.15) is 0 Å². The minimum atomic E-state index is -0.530. The Balaban J connectivity index is 2.38. The highest BCUT2D eigenvalue weighted by molar-refractivity contribution is 5.36. The second-order valence-corrected chi connectivity index (χ2v) is 10.2. The molecule has 0 spiro atoms. The molecule has 3 unspecified atom stereocenters. The molecule has 1 aliphatic carbocycles. The Morgan fingerprint density at radius 3 is 2.39 bits per heavy atom. The Labute approximate surface area is 204 Å². The van der Waals surface area contributed by atoms with E-state index in [2.05, 4.69) is 45.9 Å². The van der Waals surface area contributed by atoms with Crippen molar-refractivity contribution in [1.29, 1.82) is 0 Å². The van der Waals surface area contributed by atoms with Crippen molar-refractivity contribution in [2.75, 3.05) is 6.61 Å². The lowest BCUT2D eigenvalue weighted by molar-refractivity contribution is 0.0403. The van der Waals surface area contributed by atoms with Crippen LogP contribution in [0.2, 0.25) is 0 Å². The quantitative estimate of drug-likeness (QED) is 0.171. The van der Waals surface area contributed by atoms with Gasteiger partial charge in [-0.25, -0.2) is 0 Å². The molecule has 190 valence electrons. The fourth-order valence-electron chi connectivity index (χ4n) is 4.33. The molecule has 3 atom stereocenters. The number of aliphatic hydroxyl groups excluding tert-OH is 1. The Morgan fingerprint density at radius 1 is 1.00 bits per heavy atom. The van der Waals surface area contributed by atoms with Crippen LogP contribution in [0, 0.1) is 0 Å². The second kappa shape index (κ2) is 16.5. The minimum Gasteiger partial charge on any atom is -0.390 e. The monoisotopic (exact) mass is 460 g/mol. The third kappa shape index (κ3) is 12.2. The van der Waals surface area contributed by atoms with E-state index in [9.17, 15) is 10.2 Å². The lowest BCUT2D eigenvalue weighted by Crippen LogP contribution is -2.27. The number of unbranched alkanes of at least 4 members (excludes halogenated alkanes) is 3. The topological polar surface area (TPSA) is 49.7 Å². The van der Waals surface area contributed by atoms with Crippen LogP contribution in [0.4, 0.5) is 0 Å². The molecule has 0 fully saturated rings. The molecule has 0 aliphatic heterocycles. The van der Waals surface area contributed by atoms with Gasteiger partial charge in [0.2, 0.25) is 0 Å². The summed E-state index contributed by atoms with van der Waals surface area (Å²) in [5, 5.41) is 20.8. The molecule has 3 heteroatoms. The predicted octanol–water partition coefficient (Wildman–Crippen LogP) is 7.98. The van der Waals surface area contributed by atoms with E-state index in [1.165, 1.54) is 29.6 Å². The Morgan fingerprint density at radius 2 is 1.70 bits per heavy atom. The zero-order chi connectivity index (χ0) is 24.7. The van der Waals surface area contributed by atoms with Gasteiger partial charge in [-0.3, -0.25) is 0 Å². The normalized spacial score (nSPS) is 21.6. The third-order valence-electron chi connectivity index (χ3n) is 6.92. The van der Waals surface area contributed by atoms with Crippen LogP contribution in [0.5, 0.6) is 0 Å². The van der Waals surface area contributed by atoms with E-state index in [1.54, 1.807) is 0 Å². The van der Waals surface area contributed by atoms with Gasteiger partial charge in [-0.1, -0.05) is 63.3 Å². The SMILES string of the molecule is CCCCCC(C)(O)CC/C=C(\C)CC/C=C\CCC1=CC(O)C(C)=C(C)C1OCCCC. The molecule has 0 radical (unpaired) electrons. The van der Waals surface area contributed by atoms with Gasteiger partial charge in [0, 0.05) is 6.61 Å². The van der Waals surface area contributed by atoms with Crippen molar-refractivity contribution in [3.05, 3.63) is 46.6 Å². The van der Waals surface area contributed by atoms with Gasteiger partial charge in [0.1, 0.15) is 0 Å². The molecule has 2 N–H and O–H groups in total. The summed E-state index contributed by atoms with van der Waals surface area (Å²) in [6.45, 7) is 13.4. The minimum absolute atomic E-state index is 0.0257. The highest BCUT2D eigenvalue weighted by Gasteiger charge is 2.25. The second-order valence-electron chi connectivity index (χ2n) is 10.2. The van der Waals surface area contributed by atoms with Crippen molar-refractivity contribution >= 4 is 0 Å². The summed E-state index contributed by atoms with van der Waals surface area (Å²) in [4.78, 5) is 0. The highest BCUT2D eigenvalue weighted by atomic mass is 16.5. The van der Waals surface area contributed by atoms with Crippen LogP contribution < -0.4 is 0 Å². The van der Waals surface area contributed by atoms with Crippen LogP contribution in [0.3, 0.4) is 0 Å². The van der Waals surface area contributed by atoms with E-state index >= 15 is 0 Å². The summed E-state index contributed by atoms with van der Waals surface area (Å²) < 4.78 is 6.18. The van der Waals surface area contributed by atoms with Crippen LogP contribution in [0.1, 0.15) is 119 Å². The number of hydrogen-bond acceptors (Lipinski definition) is 3. The first-order valence-corrected chi connectivity index (χ1v) is 13.4. The van der Waals surface area contributed by atoms with Gasteiger partial charge in [-0.05, 0) is 102 Å². The van der Waals surface area contributed by atoms with E-state index in [0.717, 1.165) is 76.4 Å². The first-order chi connectivity index (χ1) is 15.7. The maximum Gasteiger partial charge on any atom is 0.0997 e. The summed E-state index contributed by atoms with van der Waals surface area (Å²) in [6.07, 6.45) is 20.8. The standard InChI is InChI=1S/C30H52O3/c1-7-9-15-20-30(6,32)21-16-18-24(3)17-13-11-12-14-19-27-23-28(31)25(4)26(5)29(27)33-22-10-8-2/h11-12,18,23,28-29,31-32H,7-10,13-17,19-22H2,1-6H3/b12-11-,24-18+. The van der Waals surface area contributed by atoms with Crippen LogP contribution >= 0.6 is 0 Å². The molecule has 1 aliphatic rings. The average Bonchev–Trinajstić information content (AvgIpc) is 2.76. The summed E-state index contributed by atoms with van der Waals surface area (Å²) in [5.74, 6) is 0. The van der Waals surface area contributed by atoms with Crippen molar-refractivity contribution in [1.82, 2.24) is 0 Å². The Kier molecular flexibility index (Phi) is 14.9. The Bertz CT molecular complexity index is 666. The summed E-state index contributed by atoms with van der Waals surface area (Å²) in [7, 11) is 0. The smallest absolute Gasteiger partial charge is 0.0997 e. The van der Waals surface area contributed by atoms with Gasteiger partial charge < -0.3 is 14.9 Å². The van der Waals surface area contributed by atoms with E-state index < -0.39 is 11.7 Å². The highest BCUT2D eigenvalue weighted by Crippen LogP contribution is 2.30. The van der Waals surface area contributed by atoms with Gasteiger partial charge in [-0.15, -0.1) is 0 Å². The van der Waals surface area contributed by atoms with Gasteiger partial charge >= 0.3 is 0 Å². The zero-order valence-electron chi connectivity index (χ0n) is 22.5. The van der Waals surface area contributed by atoms with Crippen molar-refractivity contribution in [3.63, 3.8) is 0 Å². The lowest BCUT2D eigenvalue weighted by atomic mass is 9.86. The Hall–Kier alpha value is -1.16. The fraction of sp³-hybridized carbons (Fsp3) is 0.733. The van der Waals surface area contributed by atoms with Crippen LogP contribution in [-0.4, -0.2) is 34.6 Å². The van der Waals surface area contributed by atoms with E-state index in [-0.39, 0.29) is 6.10 Å². The molecule has 0 heterocycles. The molecule has 0 amide bonds. The van der Waals surface area contributed by atoms with Crippen molar-refractivity contribution in [3.8, 4) is 0 Å². The molecule has 0 aromatic heterocycles. The lowest BCUT2D eigenvalue weighted by Gasteiger charge is -2.29. The van der Waals surface area contributed by atoms with E-state index in [4.69, 9.17) is 4.74 Å². The van der Waals surface area contributed by atoms with Gasteiger partial charge in [0.25, 0.3) is 0 Å². The predicted molar refractivity (Wildman–Crippen MR) is 142 cm³/mol. The molecule has 3 nitrogen and oxygen atoms in total. The van der Waals surface area contributed by atoms with Crippen molar-refractivity contribution in [2.45, 2.75) is 136 Å². The molecule has 0 saturated heterocycles.